The largest absolute Gasteiger partial charge is 0.338 e. The van der Waals surface area contributed by atoms with Crippen LogP contribution in [0.15, 0.2) is 64.4 Å². The van der Waals surface area contributed by atoms with Crippen LogP contribution in [0.25, 0.3) is 22.3 Å². The number of para-hydroxylation sites is 1. The van der Waals surface area contributed by atoms with E-state index in [1.807, 2.05) is 19.1 Å². The van der Waals surface area contributed by atoms with Gasteiger partial charge in [0, 0.05) is 29.5 Å². The Labute approximate surface area is 155 Å². The number of aryl methyl sites for hydroxylation is 1. The summed E-state index contributed by atoms with van der Waals surface area (Å²) in [7, 11) is -3.80. The second kappa shape index (κ2) is 6.86. The molecule has 0 aliphatic carbocycles. The number of hydrogen-bond donors (Lipinski definition) is 1. The first kappa shape index (κ1) is 17.3. The number of pyridine rings is 2. The van der Waals surface area contributed by atoms with Crippen LogP contribution in [0, 0.1) is 6.92 Å². The third kappa shape index (κ3) is 3.55. The smallest absolute Gasteiger partial charge is 0.243 e. The maximum absolute atomic E-state index is 12.7. The molecule has 9 heteroatoms. The number of nitrogens with zero attached hydrogens (tertiary/aromatic N) is 4. The Morgan fingerprint density at radius 3 is 2.78 bits per heavy atom. The number of sulfonamides is 1. The minimum atomic E-state index is -3.80. The highest BCUT2D eigenvalue weighted by Gasteiger charge is 2.19. The summed E-state index contributed by atoms with van der Waals surface area (Å²) in [6.45, 7) is 1.78. The van der Waals surface area contributed by atoms with Crippen LogP contribution in [-0.4, -0.2) is 28.5 Å². The summed E-state index contributed by atoms with van der Waals surface area (Å²) in [5.41, 5.74) is 2.11. The van der Waals surface area contributed by atoms with Gasteiger partial charge in [-0.2, -0.15) is 4.98 Å². The Hall–Kier alpha value is -3.17. The second-order valence-corrected chi connectivity index (χ2v) is 7.65. The highest BCUT2D eigenvalue weighted by molar-refractivity contribution is 7.89. The predicted octanol–water partition coefficient (Wildman–Crippen LogP) is 2.47. The summed E-state index contributed by atoms with van der Waals surface area (Å²) in [4.78, 5) is 12.5. The van der Waals surface area contributed by atoms with Gasteiger partial charge >= 0.3 is 0 Å². The van der Waals surface area contributed by atoms with E-state index < -0.39 is 10.0 Å². The van der Waals surface area contributed by atoms with Gasteiger partial charge in [-0.1, -0.05) is 17.3 Å². The summed E-state index contributed by atoms with van der Waals surface area (Å²) in [5.74, 6) is 0.531. The minimum absolute atomic E-state index is 0.105. The summed E-state index contributed by atoms with van der Waals surface area (Å²) in [6.07, 6.45) is 4.87. The van der Waals surface area contributed by atoms with E-state index in [1.165, 1.54) is 6.07 Å². The summed E-state index contributed by atoms with van der Waals surface area (Å²) in [5, 5.41) is 4.62. The molecule has 1 N–H and O–H groups in total. The van der Waals surface area contributed by atoms with E-state index in [9.17, 15) is 8.42 Å². The lowest BCUT2D eigenvalue weighted by Gasteiger charge is -2.08. The minimum Gasteiger partial charge on any atom is -0.338 e. The van der Waals surface area contributed by atoms with E-state index in [1.54, 1.807) is 36.8 Å². The van der Waals surface area contributed by atoms with Crippen LogP contribution < -0.4 is 4.72 Å². The highest BCUT2D eigenvalue weighted by atomic mass is 32.2. The van der Waals surface area contributed by atoms with Gasteiger partial charge in [-0.25, -0.2) is 13.1 Å². The SMILES string of the molecule is Cc1cnc2c(S(=O)(=O)NCc3nc(-c4ccncc4)no3)cccc2c1. The van der Waals surface area contributed by atoms with Crippen molar-refractivity contribution in [2.45, 2.75) is 18.4 Å². The van der Waals surface area contributed by atoms with Gasteiger partial charge in [-0.3, -0.25) is 9.97 Å². The third-order valence-corrected chi connectivity index (χ3v) is 5.35. The summed E-state index contributed by atoms with van der Waals surface area (Å²) in [6, 6.07) is 10.4. The van der Waals surface area contributed by atoms with Crippen LogP contribution in [0.1, 0.15) is 11.5 Å². The molecule has 0 atom stereocenters. The molecule has 0 aliphatic rings. The Balaban J connectivity index is 1.57. The molecule has 1 aromatic carbocycles. The molecule has 0 amide bonds. The maximum Gasteiger partial charge on any atom is 0.243 e. The number of nitrogens with one attached hydrogen (secondary N) is 1. The van der Waals surface area contributed by atoms with E-state index in [2.05, 4.69) is 24.8 Å². The molecule has 0 saturated carbocycles. The van der Waals surface area contributed by atoms with Gasteiger partial charge in [-0.15, -0.1) is 0 Å². The summed E-state index contributed by atoms with van der Waals surface area (Å²) >= 11 is 0. The molecule has 0 bridgehead atoms. The zero-order valence-corrected chi connectivity index (χ0v) is 15.1. The van der Waals surface area contributed by atoms with Crippen LogP contribution in [0.2, 0.25) is 0 Å². The van der Waals surface area contributed by atoms with E-state index >= 15 is 0 Å². The fourth-order valence-electron chi connectivity index (χ4n) is 2.64. The van der Waals surface area contributed by atoms with Crippen molar-refractivity contribution in [3.05, 3.63) is 66.4 Å². The van der Waals surface area contributed by atoms with Gasteiger partial charge in [-0.05, 0) is 36.8 Å². The van der Waals surface area contributed by atoms with Crippen LogP contribution in [0.5, 0.6) is 0 Å². The van der Waals surface area contributed by atoms with E-state index in [4.69, 9.17) is 4.52 Å². The number of rotatable bonds is 5. The van der Waals surface area contributed by atoms with Crippen molar-refractivity contribution in [2.24, 2.45) is 0 Å². The third-order valence-electron chi connectivity index (χ3n) is 3.92. The predicted molar refractivity (Wildman–Crippen MR) is 98.0 cm³/mol. The molecular formula is C18H15N5O3S. The van der Waals surface area contributed by atoms with Gasteiger partial charge in [0.15, 0.2) is 0 Å². The molecule has 0 unspecified atom stereocenters. The first-order valence-corrected chi connectivity index (χ1v) is 9.59. The molecule has 0 saturated heterocycles. The first-order valence-electron chi connectivity index (χ1n) is 8.11. The average molecular weight is 381 g/mol. The topological polar surface area (TPSA) is 111 Å². The lowest BCUT2D eigenvalue weighted by molar-refractivity contribution is 0.376. The van der Waals surface area contributed by atoms with Gasteiger partial charge in [0.2, 0.25) is 21.7 Å². The fourth-order valence-corrected chi connectivity index (χ4v) is 3.79. The summed E-state index contributed by atoms with van der Waals surface area (Å²) < 4.78 is 33.1. The molecule has 4 rings (SSSR count). The van der Waals surface area contributed by atoms with E-state index in [0.717, 1.165) is 16.5 Å². The van der Waals surface area contributed by atoms with E-state index in [-0.39, 0.29) is 17.3 Å². The number of fused-ring (bicyclic) bond motifs is 1. The maximum atomic E-state index is 12.7. The zero-order valence-electron chi connectivity index (χ0n) is 14.3. The number of aromatic nitrogens is 4. The van der Waals surface area contributed by atoms with Crippen molar-refractivity contribution >= 4 is 20.9 Å². The van der Waals surface area contributed by atoms with Crippen molar-refractivity contribution in [1.82, 2.24) is 24.8 Å². The molecule has 136 valence electrons. The Bertz CT molecular complexity index is 1210. The molecular weight excluding hydrogens is 366 g/mol. The first-order chi connectivity index (χ1) is 13.0. The number of benzene rings is 1. The van der Waals surface area contributed by atoms with Crippen LogP contribution in [0.4, 0.5) is 0 Å². The molecule has 27 heavy (non-hydrogen) atoms. The lowest BCUT2D eigenvalue weighted by atomic mass is 10.2. The Kier molecular flexibility index (Phi) is 4.38. The number of hydrogen-bond acceptors (Lipinski definition) is 7. The standard InChI is InChI=1S/C18H15N5O3S/c1-12-9-14-3-2-4-15(17(14)20-10-12)27(24,25)21-11-16-22-18(23-26-16)13-5-7-19-8-6-13/h2-10,21H,11H2,1H3. The average Bonchev–Trinajstić information content (AvgIpc) is 3.16. The Morgan fingerprint density at radius 2 is 1.96 bits per heavy atom. The Morgan fingerprint density at radius 1 is 1.15 bits per heavy atom. The van der Waals surface area contributed by atoms with E-state index in [0.29, 0.717) is 11.3 Å². The van der Waals surface area contributed by atoms with Crippen LogP contribution in [-0.2, 0) is 16.6 Å². The molecule has 8 nitrogen and oxygen atoms in total. The lowest BCUT2D eigenvalue weighted by Crippen LogP contribution is -2.23. The molecule has 0 spiro atoms. The van der Waals surface area contributed by atoms with Crippen LogP contribution in [0.3, 0.4) is 0 Å². The van der Waals surface area contributed by atoms with Crippen molar-refractivity contribution in [1.29, 1.82) is 0 Å². The van der Waals surface area contributed by atoms with Gasteiger partial charge in [0.25, 0.3) is 0 Å². The quantitative estimate of drug-likeness (QED) is 0.565. The molecule has 0 radical (unpaired) electrons. The molecule has 0 aliphatic heterocycles. The normalized spacial score (nSPS) is 11.7. The van der Waals surface area contributed by atoms with Crippen molar-refractivity contribution in [3.63, 3.8) is 0 Å². The molecule has 4 aromatic rings. The molecule has 3 aromatic heterocycles. The van der Waals surface area contributed by atoms with Gasteiger partial charge in [0.1, 0.15) is 4.90 Å². The molecule has 3 heterocycles. The highest BCUT2D eigenvalue weighted by Crippen LogP contribution is 2.22. The van der Waals surface area contributed by atoms with Gasteiger partial charge < -0.3 is 4.52 Å². The monoisotopic (exact) mass is 381 g/mol. The second-order valence-electron chi connectivity index (χ2n) is 5.91. The van der Waals surface area contributed by atoms with Crippen LogP contribution >= 0.6 is 0 Å². The molecule has 0 fully saturated rings. The zero-order chi connectivity index (χ0) is 18.9. The van der Waals surface area contributed by atoms with Crippen molar-refractivity contribution in [3.8, 4) is 11.4 Å². The fraction of sp³-hybridized carbons (Fsp3) is 0.111. The van der Waals surface area contributed by atoms with Crippen molar-refractivity contribution in [2.75, 3.05) is 0 Å². The van der Waals surface area contributed by atoms with Crippen molar-refractivity contribution < 1.29 is 12.9 Å². The van der Waals surface area contributed by atoms with Gasteiger partial charge in [0.05, 0.1) is 12.1 Å².